The van der Waals surface area contributed by atoms with Gasteiger partial charge in [0.2, 0.25) is 0 Å². The number of aromatic nitrogens is 1. The van der Waals surface area contributed by atoms with Crippen molar-refractivity contribution in [3.63, 3.8) is 0 Å². The molecule has 19 heavy (non-hydrogen) atoms. The fourth-order valence-electron chi connectivity index (χ4n) is 1.40. The highest BCUT2D eigenvalue weighted by molar-refractivity contribution is 7.13. The zero-order valence-electron chi connectivity index (χ0n) is 10.8. The van der Waals surface area contributed by atoms with E-state index in [4.69, 9.17) is 13.9 Å². The first-order chi connectivity index (χ1) is 9.20. The summed E-state index contributed by atoms with van der Waals surface area (Å²) in [6.07, 6.45) is 3.90. The largest absolute Gasteiger partial charge is 0.472 e. The van der Waals surface area contributed by atoms with Crippen LogP contribution in [0.3, 0.4) is 0 Å². The number of esters is 1. The van der Waals surface area contributed by atoms with Crippen molar-refractivity contribution in [2.45, 2.75) is 19.4 Å². The minimum absolute atomic E-state index is 0.0738. The number of ether oxygens (including phenoxy) is 2. The number of hydrogen-bond donors (Lipinski definition) is 0. The molecule has 0 aliphatic rings. The van der Waals surface area contributed by atoms with Crippen LogP contribution in [0.25, 0.3) is 10.6 Å². The quantitative estimate of drug-likeness (QED) is 0.762. The molecule has 2 rings (SSSR count). The van der Waals surface area contributed by atoms with Crippen LogP contribution in [0.15, 0.2) is 28.4 Å². The molecular weight excluding hydrogens is 266 g/mol. The van der Waals surface area contributed by atoms with Crippen molar-refractivity contribution in [2.24, 2.45) is 0 Å². The van der Waals surface area contributed by atoms with E-state index in [2.05, 4.69) is 4.98 Å². The van der Waals surface area contributed by atoms with Gasteiger partial charge < -0.3 is 13.9 Å². The number of hydrogen-bond acceptors (Lipinski definition) is 6. The van der Waals surface area contributed by atoms with Gasteiger partial charge in [-0.05, 0) is 13.0 Å². The summed E-state index contributed by atoms with van der Waals surface area (Å²) in [5, 5.41) is 2.43. The van der Waals surface area contributed by atoms with Gasteiger partial charge in [0.25, 0.3) is 0 Å². The van der Waals surface area contributed by atoms with Crippen LogP contribution in [0.1, 0.15) is 23.8 Å². The van der Waals surface area contributed by atoms with Crippen LogP contribution >= 0.6 is 11.3 Å². The summed E-state index contributed by atoms with van der Waals surface area (Å²) in [5.74, 6) is -0.408. The van der Waals surface area contributed by atoms with Crippen LogP contribution in [0, 0.1) is 0 Å². The molecule has 0 unspecified atom stereocenters. The SMILES string of the molecule is CO[C@H](C)CCOC(=O)c1csc(-c2ccoc2)n1. The molecular formula is C13H15NO4S. The maximum atomic E-state index is 11.8. The highest BCUT2D eigenvalue weighted by Gasteiger charge is 2.14. The molecule has 0 saturated carbocycles. The average Bonchev–Trinajstić information content (AvgIpc) is 3.08. The van der Waals surface area contributed by atoms with Crippen molar-refractivity contribution >= 4 is 17.3 Å². The van der Waals surface area contributed by atoms with Gasteiger partial charge in [0.15, 0.2) is 5.69 Å². The number of furan rings is 1. The summed E-state index contributed by atoms with van der Waals surface area (Å²) in [6.45, 7) is 2.25. The van der Waals surface area contributed by atoms with E-state index >= 15 is 0 Å². The van der Waals surface area contributed by atoms with Crippen LogP contribution in [0.5, 0.6) is 0 Å². The minimum Gasteiger partial charge on any atom is -0.472 e. The first-order valence-corrected chi connectivity index (χ1v) is 6.76. The Morgan fingerprint density at radius 2 is 2.42 bits per heavy atom. The zero-order chi connectivity index (χ0) is 13.7. The molecule has 2 heterocycles. The van der Waals surface area contributed by atoms with E-state index in [9.17, 15) is 4.79 Å². The standard InChI is InChI=1S/C13H15NO4S/c1-9(16-2)3-6-18-13(15)11-8-19-12(14-11)10-4-5-17-7-10/h4-5,7-9H,3,6H2,1-2H3/t9-/m1/s1. The second-order valence-electron chi connectivity index (χ2n) is 4.02. The topological polar surface area (TPSA) is 61.6 Å². The van der Waals surface area contributed by atoms with Crippen LogP contribution in [0.4, 0.5) is 0 Å². The third kappa shape index (κ3) is 3.65. The second kappa shape index (κ2) is 6.49. The number of nitrogens with zero attached hydrogens (tertiary/aromatic N) is 1. The van der Waals surface area contributed by atoms with Gasteiger partial charge in [-0.25, -0.2) is 9.78 Å². The van der Waals surface area contributed by atoms with Crippen LogP contribution < -0.4 is 0 Å². The third-order valence-corrected chi connectivity index (χ3v) is 3.53. The fourth-order valence-corrected chi connectivity index (χ4v) is 2.17. The molecule has 0 aliphatic heterocycles. The maximum absolute atomic E-state index is 11.8. The second-order valence-corrected chi connectivity index (χ2v) is 4.88. The summed E-state index contributed by atoms with van der Waals surface area (Å²) in [7, 11) is 1.63. The zero-order valence-corrected chi connectivity index (χ0v) is 11.6. The lowest BCUT2D eigenvalue weighted by Gasteiger charge is -2.08. The summed E-state index contributed by atoms with van der Waals surface area (Å²) < 4.78 is 15.2. The average molecular weight is 281 g/mol. The van der Waals surface area contributed by atoms with Gasteiger partial charge in [0.1, 0.15) is 11.3 Å². The number of carbonyl (C=O) groups excluding carboxylic acids is 1. The molecule has 2 aromatic heterocycles. The van der Waals surface area contributed by atoms with Gasteiger partial charge in [-0.3, -0.25) is 0 Å². The Bertz CT molecular complexity index is 520. The number of thiazole rings is 1. The number of rotatable bonds is 6. The smallest absolute Gasteiger partial charge is 0.357 e. The van der Waals surface area contributed by atoms with Crippen molar-refractivity contribution in [2.75, 3.05) is 13.7 Å². The third-order valence-electron chi connectivity index (χ3n) is 2.64. The van der Waals surface area contributed by atoms with Gasteiger partial charge in [-0.1, -0.05) is 0 Å². The first-order valence-electron chi connectivity index (χ1n) is 5.88. The Kier molecular flexibility index (Phi) is 4.70. The Morgan fingerprint density at radius 1 is 1.58 bits per heavy atom. The Hall–Kier alpha value is -1.66. The molecule has 0 aliphatic carbocycles. The van der Waals surface area contributed by atoms with E-state index in [0.29, 0.717) is 18.7 Å². The lowest BCUT2D eigenvalue weighted by Crippen LogP contribution is -2.13. The summed E-state index contributed by atoms with van der Waals surface area (Å²) in [6, 6.07) is 1.80. The van der Waals surface area contributed by atoms with Crippen LogP contribution in [-0.2, 0) is 9.47 Å². The molecule has 0 radical (unpaired) electrons. The maximum Gasteiger partial charge on any atom is 0.357 e. The van der Waals surface area contributed by atoms with Crippen molar-refractivity contribution in [3.05, 3.63) is 29.7 Å². The molecule has 0 bridgehead atoms. The van der Waals surface area contributed by atoms with Crippen molar-refractivity contribution in [1.82, 2.24) is 4.98 Å². The lowest BCUT2D eigenvalue weighted by molar-refractivity contribution is 0.0386. The number of methoxy groups -OCH3 is 1. The molecule has 6 heteroatoms. The van der Waals surface area contributed by atoms with E-state index < -0.39 is 5.97 Å². The van der Waals surface area contributed by atoms with E-state index in [1.54, 1.807) is 31.1 Å². The van der Waals surface area contributed by atoms with Crippen LogP contribution in [0.2, 0.25) is 0 Å². The van der Waals surface area contributed by atoms with Gasteiger partial charge in [0.05, 0.1) is 19.0 Å². The molecule has 0 amide bonds. The minimum atomic E-state index is -0.408. The first kappa shape index (κ1) is 13.8. The van der Waals surface area contributed by atoms with Crippen molar-refractivity contribution < 1.29 is 18.7 Å². The summed E-state index contributed by atoms with van der Waals surface area (Å²) >= 11 is 1.38. The molecule has 0 fully saturated rings. The van der Waals surface area contributed by atoms with Gasteiger partial charge in [-0.15, -0.1) is 11.3 Å². The molecule has 0 saturated heterocycles. The fraction of sp³-hybridized carbons (Fsp3) is 0.385. The van der Waals surface area contributed by atoms with E-state index in [-0.39, 0.29) is 6.10 Å². The molecule has 0 aromatic carbocycles. The Labute approximate surface area is 115 Å². The lowest BCUT2D eigenvalue weighted by atomic mass is 10.3. The Morgan fingerprint density at radius 3 is 3.11 bits per heavy atom. The predicted molar refractivity (Wildman–Crippen MR) is 71.2 cm³/mol. The summed E-state index contributed by atoms with van der Waals surface area (Å²) in [5.41, 5.74) is 1.18. The molecule has 0 N–H and O–H groups in total. The van der Waals surface area contributed by atoms with Gasteiger partial charge in [-0.2, -0.15) is 0 Å². The van der Waals surface area contributed by atoms with E-state index in [1.807, 2.05) is 6.92 Å². The van der Waals surface area contributed by atoms with Gasteiger partial charge >= 0.3 is 5.97 Å². The van der Waals surface area contributed by atoms with Crippen molar-refractivity contribution in [3.8, 4) is 10.6 Å². The van der Waals surface area contributed by atoms with E-state index in [1.165, 1.54) is 11.3 Å². The Balaban J connectivity index is 1.90. The van der Waals surface area contributed by atoms with Gasteiger partial charge in [0, 0.05) is 24.5 Å². The highest BCUT2D eigenvalue weighted by atomic mass is 32.1. The predicted octanol–water partition coefficient (Wildman–Crippen LogP) is 2.98. The summed E-state index contributed by atoms with van der Waals surface area (Å²) in [4.78, 5) is 16.0. The molecule has 1 atom stereocenters. The highest BCUT2D eigenvalue weighted by Crippen LogP contribution is 2.24. The normalized spacial score (nSPS) is 12.3. The molecule has 5 nitrogen and oxygen atoms in total. The molecule has 0 spiro atoms. The van der Waals surface area contributed by atoms with Crippen molar-refractivity contribution in [1.29, 1.82) is 0 Å². The molecule has 2 aromatic rings. The number of carbonyl (C=O) groups is 1. The molecule has 102 valence electrons. The monoisotopic (exact) mass is 281 g/mol. The van der Waals surface area contributed by atoms with E-state index in [0.717, 1.165) is 10.6 Å². The van der Waals surface area contributed by atoms with Crippen LogP contribution in [-0.4, -0.2) is 30.8 Å².